The van der Waals surface area contributed by atoms with Gasteiger partial charge in [0, 0.05) is 24.0 Å². The van der Waals surface area contributed by atoms with Crippen molar-refractivity contribution in [3.8, 4) is 0 Å². The highest BCUT2D eigenvalue weighted by Gasteiger charge is 2.28. The van der Waals surface area contributed by atoms with Gasteiger partial charge < -0.3 is 20.2 Å². The first kappa shape index (κ1) is 24.5. The van der Waals surface area contributed by atoms with Gasteiger partial charge in [-0.15, -0.1) is 0 Å². The van der Waals surface area contributed by atoms with Gasteiger partial charge in [0.05, 0.1) is 7.11 Å². The Bertz CT molecular complexity index is 945. The molecule has 2 N–H and O–H groups in total. The second-order valence-electron chi connectivity index (χ2n) is 7.10. The summed E-state index contributed by atoms with van der Waals surface area (Å²) in [6.07, 6.45) is 2.34. The summed E-state index contributed by atoms with van der Waals surface area (Å²) in [6, 6.07) is 13.4. The van der Waals surface area contributed by atoms with E-state index in [4.69, 9.17) is 4.74 Å². The summed E-state index contributed by atoms with van der Waals surface area (Å²) in [5.74, 6) is -1.80. The summed E-state index contributed by atoms with van der Waals surface area (Å²) < 4.78 is 4.75. The van der Waals surface area contributed by atoms with E-state index in [1.165, 1.54) is 19.2 Å². The molecule has 0 aliphatic carbocycles. The van der Waals surface area contributed by atoms with E-state index in [1.807, 2.05) is 30.3 Å². The lowest BCUT2D eigenvalue weighted by Gasteiger charge is -2.22. The SMILES string of the molecule is COC(=O)[C@H](CCCC=O)NC(=O)[C@H](Cc1ccccc1)NC(=O)c1ccccc1C=O. The molecule has 32 heavy (non-hydrogen) atoms. The van der Waals surface area contributed by atoms with Gasteiger partial charge in [-0.05, 0) is 24.5 Å². The standard InChI is InChI=1S/C24H26N2O6/c1-32-24(31)20(13-7-8-14-27)25-23(30)21(15-17-9-3-2-4-10-17)26-22(29)19-12-6-5-11-18(19)16-28/h2-6,9-12,14,16,20-21H,7-8,13,15H2,1H3,(H,25,30)(H,26,29)/t20-,21-/m0/s1. The van der Waals surface area contributed by atoms with Crippen LogP contribution in [0, 0.1) is 0 Å². The van der Waals surface area contributed by atoms with Crippen LogP contribution in [0.1, 0.15) is 45.5 Å². The summed E-state index contributed by atoms with van der Waals surface area (Å²) in [6.45, 7) is 0. The fourth-order valence-corrected chi connectivity index (χ4v) is 3.17. The number of carbonyl (C=O) groups is 5. The Kier molecular flexibility index (Phi) is 9.77. The third kappa shape index (κ3) is 7.16. The second-order valence-corrected chi connectivity index (χ2v) is 7.10. The van der Waals surface area contributed by atoms with Gasteiger partial charge in [-0.1, -0.05) is 48.5 Å². The van der Waals surface area contributed by atoms with E-state index in [9.17, 15) is 24.0 Å². The summed E-state index contributed by atoms with van der Waals surface area (Å²) in [5.41, 5.74) is 1.14. The number of aldehydes is 2. The van der Waals surface area contributed by atoms with E-state index in [0.29, 0.717) is 12.7 Å². The molecule has 0 radical (unpaired) electrons. The Morgan fingerprint density at radius 1 is 0.938 bits per heavy atom. The summed E-state index contributed by atoms with van der Waals surface area (Å²) in [5, 5.41) is 5.29. The molecule has 0 bridgehead atoms. The summed E-state index contributed by atoms with van der Waals surface area (Å²) in [7, 11) is 1.21. The van der Waals surface area contributed by atoms with Crippen LogP contribution in [0.2, 0.25) is 0 Å². The minimum absolute atomic E-state index is 0.142. The van der Waals surface area contributed by atoms with E-state index in [2.05, 4.69) is 10.6 Å². The molecule has 8 heteroatoms. The topological polar surface area (TPSA) is 119 Å². The minimum atomic E-state index is -1.01. The number of esters is 1. The Labute approximate surface area is 186 Å². The van der Waals surface area contributed by atoms with Gasteiger partial charge in [0.25, 0.3) is 5.91 Å². The van der Waals surface area contributed by atoms with Crippen molar-refractivity contribution in [3.63, 3.8) is 0 Å². The molecular formula is C24H26N2O6. The molecule has 0 saturated carbocycles. The van der Waals surface area contributed by atoms with Crippen molar-refractivity contribution < 1.29 is 28.7 Å². The molecule has 2 amide bonds. The van der Waals surface area contributed by atoms with E-state index in [0.717, 1.165) is 11.8 Å². The van der Waals surface area contributed by atoms with Crippen molar-refractivity contribution in [2.24, 2.45) is 0 Å². The number of amides is 2. The fourth-order valence-electron chi connectivity index (χ4n) is 3.17. The molecule has 0 aromatic heterocycles. The van der Waals surface area contributed by atoms with E-state index in [1.54, 1.807) is 12.1 Å². The molecule has 2 aromatic rings. The van der Waals surface area contributed by atoms with Crippen molar-refractivity contribution in [3.05, 3.63) is 71.3 Å². The number of carbonyl (C=O) groups excluding carboxylic acids is 5. The minimum Gasteiger partial charge on any atom is -0.467 e. The molecule has 168 valence electrons. The van der Waals surface area contributed by atoms with E-state index < -0.39 is 29.9 Å². The third-order valence-electron chi connectivity index (χ3n) is 4.85. The van der Waals surface area contributed by atoms with Crippen LogP contribution in [0.25, 0.3) is 0 Å². The average Bonchev–Trinajstić information content (AvgIpc) is 2.83. The number of nitrogens with one attached hydrogen (secondary N) is 2. The maximum absolute atomic E-state index is 13.1. The Morgan fingerprint density at radius 2 is 1.62 bits per heavy atom. The van der Waals surface area contributed by atoms with Crippen molar-refractivity contribution in [1.82, 2.24) is 10.6 Å². The lowest BCUT2D eigenvalue weighted by Crippen LogP contribution is -2.52. The lowest BCUT2D eigenvalue weighted by molar-refractivity contribution is -0.145. The molecule has 2 rings (SSSR count). The Hall–Kier alpha value is -3.81. The number of methoxy groups -OCH3 is 1. The Morgan fingerprint density at radius 3 is 2.28 bits per heavy atom. The zero-order valence-electron chi connectivity index (χ0n) is 17.8. The highest BCUT2D eigenvalue weighted by atomic mass is 16.5. The van der Waals surface area contributed by atoms with Gasteiger partial charge >= 0.3 is 5.97 Å². The second kappa shape index (κ2) is 12.8. The van der Waals surface area contributed by atoms with Crippen LogP contribution in [0.3, 0.4) is 0 Å². The normalized spacial score (nSPS) is 12.2. The Balaban J connectivity index is 2.23. The predicted octanol–water partition coefficient (Wildman–Crippen LogP) is 1.87. The number of hydrogen-bond donors (Lipinski definition) is 2. The average molecular weight is 438 g/mol. The lowest BCUT2D eigenvalue weighted by atomic mass is 10.0. The largest absolute Gasteiger partial charge is 0.467 e. The molecule has 0 spiro atoms. The van der Waals surface area contributed by atoms with Gasteiger partial charge in [-0.25, -0.2) is 4.79 Å². The highest BCUT2D eigenvalue weighted by Crippen LogP contribution is 2.10. The maximum atomic E-state index is 13.1. The van der Waals surface area contributed by atoms with E-state index in [-0.39, 0.29) is 30.4 Å². The maximum Gasteiger partial charge on any atom is 0.328 e. The number of unbranched alkanes of at least 4 members (excludes halogenated alkanes) is 1. The van der Waals surface area contributed by atoms with Gasteiger partial charge in [0.2, 0.25) is 5.91 Å². The monoisotopic (exact) mass is 438 g/mol. The molecule has 0 heterocycles. The molecule has 0 saturated heterocycles. The van der Waals surface area contributed by atoms with Crippen molar-refractivity contribution in [1.29, 1.82) is 0 Å². The zero-order chi connectivity index (χ0) is 23.3. The molecule has 0 unspecified atom stereocenters. The van der Waals surface area contributed by atoms with Crippen LogP contribution >= 0.6 is 0 Å². The van der Waals surface area contributed by atoms with Crippen molar-refractivity contribution in [2.45, 2.75) is 37.8 Å². The first-order valence-electron chi connectivity index (χ1n) is 10.2. The molecule has 0 aliphatic heterocycles. The molecule has 2 atom stereocenters. The van der Waals surface area contributed by atoms with Gasteiger partial charge in [0.1, 0.15) is 18.4 Å². The number of rotatable bonds is 12. The molecule has 0 fully saturated rings. The number of hydrogen-bond acceptors (Lipinski definition) is 6. The van der Waals surface area contributed by atoms with Gasteiger partial charge in [0.15, 0.2) is 6.29 Å². The van der Waals surface area contributed by atoms with Gasteiger partial charge in [-0.2, -0.15) is 0 Å². The molecular weight excluding hydrogens is 412 g/mol. The predicted molar refractivity (Wildman–Crippen MR) is 117 cm³/mol. The van der Waals surface area contributed by atoms with Crippen molar-refractivity contribution in [2.75, 3.05) is 7.11 Å². The van der Waals surface area contributed by atoms with Crippen LogP contribution in [-0.4, -0.2) is 49.5 Å². The van der Waals surface area contributed by atoms with Crippen LogP contribution in [0.4, 0.5) is 0 Å². The molecule has 2 aromatic carbocycles. The number of ether oxygens (including phenoxy) is 1. The van der Waals surface area contributed by atoms with Gasteiger partial charge in [-0.3, -0.25) is 14.4 Å². The quantitative estimate of drug-likeness (QED) is 0.297. The summed E-state index contributed by atoms with van der Waals surface area (Å²) in [4.78, 5) is 59.9. The van der Waals surface area contributed by atoms with Crippen LogP contribution in [0.5, 0.6) is 0 Å². The zero-order valence-corrected chi connectivity index (χ0v) is 17.8. The number of benzene rings is 2. The van der Waals surface area contributed by atoms with Crippen LogP contribution in [0.15, 0.2) is 54.6 Å². The van der Waals surface area contributed by atoms with E-state index >= 15 is 0 Å². The highest BCUT2D eigenvalue weighted by molar-refractivity contribution is 6.03. The molecule has 8 nitrogen and oxygen atoms in total. The first-order chi connectivity index (χ1) is 15.5. The van der Waals surface area contributed by atoms with Crippen molar-refractivity contribution >= 4 is 30.4 Å². The molecule has 0 aliphatic rings. The smallest absolute Gasteiger partial charge is 0.328 e. The first-order valence-corrected chi connectivity index (χ1v) is 10.2. The van der Waals surface area contributed by atoms with Crippen LogP contribution < -0.4 is 10.6 Å². The summed E-state index contributed by atoms with van der Waals surface area (Å²) >= 11 is 0. The van der Waals surface area contributed by atoms with Crippen LogP contribution in [-0.2, 0) is 25.5 Å². The third-order valence-corrected chi connectivity index (χ3v) is 4.85. The fraction of sp³-hybridized carbons (Fsp3) is 0.292.